The van der Waals surface area contributed by atoms with Crippen molar-refractivity contribution in [2.45, 2.75) is 13.3 Å². The highest BCUT2D eigenvalue weighted by molar-refractivity contribution is 7.80. The van der Waals surface area contributed by atoms with Gasteiger partial charge in [0.15, 0.2) is 0 Å². The number of fused-ring (bicyclic) bond motifs is 1. The molecule has 0 radical (unpaired) electrons. The van der Waals surface area contributed by atoms with Crippen LogP contribution in [0.4, 0.5) is 5.69 Å². The molecule has 0 bridgehead atoms. The van der Waals surface area contributed by atoms with Gasteiger partial charge in [0.05, 0.1) is 22.4 Å². The summed E-state index contributed by atoms with van der Waals surface area (Å²) in [6, 6.07) is 8.00. The molecule has 4 nitrogen and oxygen atoms in total. The van der Waals surface area contributed by atoms with E-state index in [1.54, 1.807) is 6.20 Å². The Bertz CT molecular complexity index is 550. The van der Waals surface area contributed by atoms with E-state index in [1.165, 1.54) is 0 Å². The molecule has 0 aliphatic rings. The van der Waals surface area contributed by atoms with Gasteiger partial charge in [-0.25, -0.2) is 0 Å². The number of thiocarbonyl (C=S) groups is 1. The predicted molar refractivity (Wildman–Crippen MR) is 78.8 cm³/mol. The van der Waals surface area contributed by atoms with Crippen LogP contribution in [-0.2, 0) is 0 Å². The number of hydrogen-bond acceptors (Lipinski definition) is 4. The number of aromatic nitrogens is 2. The zero-order valence-electron chi connectivity index (χ0n) is 10.3. The Balaban J connectivity index is 2.35. The first-order valence-electron chi connectivity index (χ1n) is 5.96. The molecule has 0 unspecified atom stereocenters. The lowest BCUT2D eigenvalue weighted by atomic mass is 10.2. The third-order valence-electron chi connectivity index (χ3n) is 2.88. The molecule has 2 N–H and O–H groups in total. The Morgan fingerprint density at radius 2 is 2.17 bits per heavy atom. The quantitative estimate of drug-likeness (QED) is 0.835. The van der Waals surface area contributed by atoms with E-state index in [9.17, 15) is 0 Å². The highest BCUT2D eigenvalue weighted by Gasteiger charge is 2.09. The molecule has 2 aromatic rings. The van der Waals surface area contributed by atoms with E-state index in [1.807, 2.05) is 18.2 Å². The van der Waals surface area contributed by atoms with Crippen LogP contribution in [0.5, 0.6) is 0 Å². The van der Waals surface area contributed by atoms with Gasteiger partial charge in [0.25, 0.3) is 0 Å². The van der Waals surface area contributed by atoms with Crippen LogP contribution in [0.15, 0.2) is 30.5 Å². The molecule has 0 aliphatic heterocycles. The number of hydrogen-bond donors (Lipinski definition) is 1. The van der Waals surface area contributed by atoms with Crippen molar-refractivity contribution in [1.29, 1.82) is 0 Å². The summed E-state index contributed by atoms with van der Waals surface area (Å²) >= 11 is 4.93. The van der Waals surface area contributed by atoms with E-state index in [0.717, 1.165) is 29.7 Å². The summed E-state index contributed by atoms with van der Waals surface area (Å²) in [5, 5.41) is 9.29. The van der Waals surface area contributed by atoms with Gasteiger partial charge in [-0.2, -0.15) is 10.2 Å². The topological polar surface area (TPSA) is 55.0 Å². The Kier molecular flexibility index (Phi) is 4.04. The van der Waals surface area contributed by atoms with Crippen molar-refractivity contribution in [3.05, 3.63) is 30.5 Å². The summed E-state index contributed by atoms with van der Waals surface area (Å²) in [5.74, 6) is 0. The van der Waals surface area contributed by atoms with Gasteiger partial charge in [0.1, 0.15) is 0 Å². The van der Waals surface area contributed by atoms with Crippen LogP contribution in [0.2, 0.25) is 0 Å². The van der Waals surface area contributed by atoms with E-state index in [0.29, 0.717) is 11.4 Å². The zero-order valence-corrected chi connectivity index (χ0v) is 11.2. The number of rotatable bonds is 5. The minimum atomic E-state index is 0.541. The first kappa shape index (κ1) is 12.7. The second kappa shape index (κ2) is 5.73. The summed E-state index contributed by atoms with van der Waals surface area (Å²) in [7, 11) is 0. The van der Waals surface area contributed by atoms with Crippen LogP contribution < -0.4 is 10.6 Å². The summed E-state index contributed by atoms with van der Waals surface area (Å²) in [4.78, 5) is 2.76. The van der Waals surface area contributed by atoms with E-state index in [2.05, 4.69) is 28.1 Å². The summed E-state index contributed by atoms with van der Waals surface area (Å²) in [5.41, 5.74) is 7.55. The van der Waals surface area contributed by atoms with Gasteiger partial charge in [0.2, 0.25) is 0 Å². The van der Waals surface area contributed by atoms with Crippen LogP contribution in [-0.4, -0.2) is 28.3 Å². The normalized spacial score (nSPS) is 10.5. The van der Waals surface area contributed by atoms with Crippen molar-refractivity contribution in [2.75, 3.05) is 18.0 Å². The maximum atomic E-state index is 5.56. The van der Waals surface area contributed by atoms with E-state index in [-0.39, 0.29) is 0 Å². The molecule has 0 aliphatic carbocycles. The van der Waals surface area contributed by atoms with Gasteiger partial charge in [-0.1, -0.05) is 30.4 Å². The second-order valence-electron chi connectivity index (χ2n) is 4.04. The summed E-state index contributed by atoms with van der Waals surface area (Å²) < 4.78 is 0. The summed E-state index contributed by atoms with van der Waals surface area (Å²) in [6.45, 7) is 3.80. The molecule has 0 saturated carbocycles. The SMILES string of the molecule is CCN(CCC(N)=S)c1cnnc2ccccc12. The van der Waals surface area contributed by atoms with Crippen molar-refractivity contribution >= 4 is 33.8 Å². The molecule has 1 aromatic heterocycles. The number of anilines is 1. The molecule has 94 valence electrons. The molecule has 0 amide bonds. The van der Waals surface area contributed by atoms with Crippen molar-refractivity contribution in [3.63, 3.8) is 0 Å². The van der Waals surface area contributed by atoms with Crippen molar-refractivity contribution in [2.24, 2.45) is 5.73 Å². The van der Waals surface area contributed by atoms with Crippen LogP contribution in [0.25, 0.3) is 10.9 Å². The van der Waals surface area contributed by atoms with Crippen molar-refractivity contribution in [3.8, 4) is 0 Å². The lowest BCUT2D eigenvalue weighted by Crippen LogP contribution is -2.27. The first-order valence-corrected chi connectivity index (χ1v) is 6.37. The van der Waals surface area contributed by atoms with Crippen LogP contribution >= 0.6 is 12.2 Å². The zero-order chi connectivity index (χ0) is 13.0. The van der Waals surface area contributed by atoms with Crippen LogP contribution in [0.1, 0.15) is 13.3 Å². The maximum absolute atomic E-state index is 5.56. The first-order chi connectivity index (χ1) is 8.72. The molecule has 1 aromatic carbocycles. The largest absolute Gasteiger partial charge is 0.393 e. The number of nitrogens with zero attached hydrogens (tertiary/aromatic N) is 3. The molecule has 0 fully saturated rings. The standard InChI is InChI=1S/C13H16N4S/c1-2-17(8-7-13(14)18)12-9-15-16-11-6-4-3-5-10(11)12/h3-6,9H,2,7-8H2,1H3,(H2,14,18). The maximum Gasteiger partial charge on any atom is 0.0950 e. The third kappa shape index (κ3) is 2.73. The van der Waals surface area contributed by atoms with Gasteiger partial charge in [-0.15, -0.1) is 0 Å². The molecule has 1 heterocycles. The molecular weight excluding hydrogens is 244 g/mol. The van der Waals surface area contributed by atoms with Crippen LogP contribution in [0, 0.1) is 0 Å². The second-order valence-corrected chi connectivity index (χ2v) is 4.57. The number of nitrogens with two attached hydrogens (primary N) is 1. The van der Waals surface area contributed by atoms with Gasteiger partial charge in [-0.3, -0.25) is 0 Å². The highest BCUT2D eigenvalue weighted by atomic mass is 32.1. The predicted octanol–water partition coefficient (Wildman–Crippen LogP) is 2.13. The van der Waals surface area contributed by atoms with E-state index >= 15 is 0 Å². The smallest absolute Gasteiger partial charge is 0.0950 e. The van der Waals surface area contributed by atoms with Crippen molar-refractivity contribution in [1.82, 2.24) is 10.2 Å². The molecule has 0 atom stereocenters. The number of benzene rings is 1. The van der Waals surface area contributed by atoms with Gasteiger partial charge in [0, 0.05) is 24.9 Å². The Hall–Kier alpha value is -1.75. The molecule has 0 saturated heterocycles. The minimum absolute atomic E-state index is 0.541. The van der Waals surface area contributed by atoms with Gasteiger partial charge >= 0.3 is 0 Å². The van der Waals surface area contributed by atoms with Crippen LogP contribution in [0.3, 0.4) is 0 Å². The third-order valence-corrected chi connectivity index (χ3v) is 3.08. The summed E-state index contributed by atoms with van der Waals surface area (Å²) in [6.07, 6.45) is 2.51. The molecule has 0 spiro atoms. The average Bonchev–Trinajstić information content (AvgIpc) is 2.39. The fourth-order valence-electron chi connectivity index (χ4n) is 1.94. The van der Waals surface area contributed by atoms with E-state index < -0.39 is 0 Å². The van der Waals surface area contributed by atoms with Gasteiger partial charge < -0.3 is 10.6 Å². The molecule has 18 heavy (non-hydrogen) atoms. The van der Waals surface area contributed by atoms with Gasteiger partial charge in [-0.05, 0) is 13.0 Å². The highest BCUT2D eigenvalue weighted by Crippen LogP contribution is 2.23. The Morgan fingerprint density at radius 1 is 1.39 bits per heavy atom. The van der Waals surface area contributed by atoms with E-state index in [4.69, 9.17) is 18.0 Å². The molecule has 5 heteroatoms. The molecular formula is C13H16N4S. The lowest BCUT2D eigenvalue weighted by molar-refractivity contribution is 0.834. The monoisotopic (exact) mass is 260 g/mol. The minimum Gasteiger partial charge on any atom is -0.393 e. The average molecular weight is 260 g/mol. The van der Waals surface area contributed by atoms with Crippen molar-refractivity contribution < 1.29 is 0 Å². The lowest BCUT2D eigenvalue weighted by Gasteiger charge is -2.23. The Labute approximate surface area is 112 Å². The fraction of sp³-hybridized carbons (Fsp3) is 0.308. The fourth-order valence-corrected chi connectivity index (χ4v) is 2.03. The Morgan fingerprint density at radius 3 is 2.89 bits per heavy atom. The molecule has 2 rings (SSSR count).